The maximum Gasteiger partial charge on any atom is 0.0991 e. The molecule has 1 aliphatic heterocycles. The lowest BCUT2D eigenvalue weighted by atomic mass is 10.1. The number of rotatable bonds is 1. The molecule has 2 unspecified atom stereocenters. The first-order chi connectivity index (χ1) is 6.79. The van der Waals surface area contributed by atoms with E-state index in [-0.39, 0.29) is 0 Å². The third kappa shape index (κ3) is 1.92. The molecule has 14 heavy (non-hydrogen) atoms. The van der Waals surface area contributed by atoms with Crippen molar-refractivity contribution in [2.75, 3.05) is 5.75 Å². The first-order valence-electron chi connectivity index (χ1n) is 4.67. The van der Waals surface area contributed by atoms with Crippen LogP contribution in [0.25, 0.3) is 0 Å². The smallest absolute Gasteiger partial charge is 0.0991 e. The zero-order valence-corrected chi connectivity index (χ0v) is 8.84. The van der Waals surface area contributed by atoms with Gasteiger partial charge in [-0.1, -0.05) is 12.1 Å². The van der Waals surface area contributed by atoms with E-state index in [0.717, 1.165) is 11.3 Å². The van der Waals surface area contributed by atoms with Gasteiger partial charge in [0.05, 0.1) is 17.0 Å². The van der Waals surface area contributed by atoms with Crippen molar-refractivity contribution >= 4 is 11.8 Å². The van der Waals surface area contributed by atoms with E-state index in [1.807, 2.05) is 30.0 Å². The molecule has 1 saturated heterocycles. The summed E-state index contributed by atoms with van der Waals surface area (Å²) in [5, 5.41) is 12.6. The summed E-state index contributed by atoms with van der Waals surface area (Å²) in [5.41, 5.74) is 1.95. The van der Waals surface area contributed by atoms with Gasteiger partial charge < -0.3 is 0 Å². The number of nitriles is 1. The van der Waals surface area contributed by atoms with Gasteiger partial charge >= 0.3 is 0 Å². The SMILES string of the molecule is CC1CSC(c2cccc(C#N)c2)N1. The number of thioether (sulfide) groups is 1. The van der Waals surface area contributed by atoms with Crippen molar-refractivity contribution in [3.05, 3.63) is 35.4 Å². The fraction of sp³-hybridized carbons (Fsp3) is 0.364. The fourth-order valence-corrected chi connectivity index (χ4v) is 2.80. The van der Waals surface area contributed by atoms with Crippen LogP contribution < -0.4 is 5.32 Å². The Balaban J connectivity index is 2.20. The maximum absolute atomic E-state index is 8.78. The Labute approximate surface area is 88.3 Å². The summed E-state index contributed by atoms with van der Waals surface area (Å²) in [5.74, 6) is 1.14. The summed E-state index contributed by atoms with van der Waals surface area (Å²) in [6.07, 6.45) is 0. The van der Waals surface area contributed by atoms with Crippen LogP contribution in [0.1, 0.15) is 23.4 Å². The molecule has 0 bridgehead atoms. The Bertz CT molecular complexity index is 370. The topological polar surface area (TPSA) is 35.8 Å². The third-order valence-corrected chi connectivity index (χ3v) is 3.70. The van der Waals surface area contributed by atoms with E-state index < -0.39 is 0 Å². The van der Waals surface area contributed by atoms with Gasteiger partial charge in [0, 0.05) is 11.8 Å². The van der Waals surface area contributed by atoms with Crippen LogP contribution in [0, 0.1) is 11.3 Å². The molecule has 0 radical (unpaired) electrons. The van der Waals surface area contributed by atoms with Gasteiger partial charge in [-0.2, -0.15) is 5.26 Å². The second-order valence-corrected chi connectivity index (χ2v) is 4.66. The van der Waals surface area contributed by atoms with Crippen LogP contribution in [-0.4, -0.2) is 11.8 Å². The molecule has 2 rings (SSSR count). The minimum absolute atomic E-state index is 0.360. The number of hydrogen-bond donors (Lipinski definition) is 1. The molecule has 1 aromatic rings. The van der Waals surface area contributed by atoms with E-state index in [2.05, 4.69) is 24.4 Å². The summed E-state index contributed by atoms with van der Waals surface area (Å²) in [4.78, 5) is 0. The van der Waals surface area contributed by atoms with Crippen LogP contribution in [0.15, 0.2) is 24.3 Å². The molecule has 2 nitrogen and oxygen atoms in total. The molecule has 0 spiro atoms. The van der Waals surface area contributed by atoms with E-state index in [0.29, 0.717) is 11.4 Å². The highest BCUT2D eigenvalue weighted by atomic mass is 32.2. The Kier molecular flexibility index (Phi) is 2.76. The third-order valence-electron chi connectivity index (χ3n) is 2.27. The van der Waals surface area contributed by atoms with Crippen molar-refractivity contribution in [3.8, 4) is 6.07 Å². The first-order valence-corrected chi connectivity index (χ1v) is 5.72. The van der Waals surface area contributed by atoms with Crippen molar-refractivity contribution in [1.82, 2.24) is 5.32 Å². The summed E-state index contributed by atoms with van der Waals surface area (Å²) < 4.78 is 0. The van der Waals surface area contributed by atoms with Crippen LogP contribution in [0.5, 0.6) is 0 Å². The Morgan fingerprint density at radius 2 is 2.43 bits per heavy atom. The predicted molar refractivity (Wildman–Crippen MR) is 59.0 cm³/mol. The highest BCUT2D eigenvalue weighted by Crippen LogP contribution is 2.32. The van der Waals surface area contributed by atoms with Gasteiger partial charge in [-0.05, 0) is 24.6 Å². The van der Waals surface area contributed by atoms with Gasteiger partial charge in [0.25, 0.3) is 0 Å². The average molecular weight is 204 g/mol. The quantitative estimate of drug-likeness (QED) is 0.762. The van der Waals surface area contributed by atoms with Gasteiger partial charge in [0.1, 0.15) is 0 Å². The van der Waals surface area contributed by atoms with Crippen LogP contribution in [0.2, 0.25) is 0 Å². The molecule has 0 aliphatic carbocycles. The van der Waals surface area contributed by atoms with Gasteiger partial charge in [0.2, 0.25) is 0 Å². The summed E-state index contributed by atoms with van der Waals surface area (Å²) in [7, 11) is 0. The molecular formula is C11H12N2S. The lowest BCUT2D eigenvalue weighted by Gasteiger charge is -2.10. The highest BCUT2D eigenvalue weighted by Gasteiger charge is 2.22. The molecule has 0 saturated carbocycles. The Morgan fingerprint density at radius 3 is 3.07 bits per heavy atom. The monoisotopic (exact) mass is 204 g/mol. The lowest BCUT2D eigenvalue weighted by molar-refractivity contribution is 0.618. The van der Waals surface area contributed by atoms with Crippen LogP contribution in [0.4, 0.5) is 0 Å². The number of benzene rings is 1. The molecule has 1 aromatic carbocycles. The second kappa shape index (κ2) is 4.04. The highest BCUT2D eigenvalue weighted by molar-refractivity contribution is 7.99. The fourth-order valence-electron chi connectivity index (χ4n) is 1.56. The van der Waals surface area contributed by atoms with E-state index in [1.54, 1.807) is 0 Å². The van der Waals surface area contributed by atoms with Crippen LogP contribution in [0.3, 0.4) is 0 Å². The number of nitrogens with one attached hydrogen (secondary N) is 1. The van der Waals surface area contributed by atoms with Crippen molar-refractivity contribution in [2.45, 2.75) is 18.3 Å². The number of nitrogens with zero attached hydrogens (tertiary/aromatic N) is 1. The Hall–Kier alpha value is -0.980. The van der Waals surface area contributed by atoms with Crippen molar-refractivity contribution in [1.29, 1.82) is 5.26 Å². The van der Waals surface area contributed by atoms with E-state index >= 15 is 0 Å². The zero-order chi connectivity index (χ0) is 9.97. The largest absolute Gasteiger partial charge is 0.298 e. The first kappa shape index (κ1) is 9.57. The standard InChI is InChI=1S/C11H12N2S/c1-8-7-14-11(13-8)10-4-2-3-9(5-10)6-12/h2-5,8,11,13H,7H2,1H3. The second-order valence-electron chi connectivity index (χ2n) is 3.52. The van der Waals surface area contributed by atoms with Gasteiger partial charge in [-0.25, -0.2) is 0 Å². The Morgan fingerprint density at radius 1 is 1.57 bits per heavy atom. The lowest BCUT2D eigenvalue weighted by Crippen LogP contribution is -2.21. The van der Waals surface area contributed by atoms with E-state index in [1.165, 1.54) is 5.56 Å². The molecule has 0 aromatic heterocycles. The minimum atomic E-state index is 0.360. The molecule has 0 amide bonds. The molecular weight excluding hydrogens is 192 g/mol. The van der Waals surface area contributed by atoms with Crippen LogP contribution >= 0.6 is 11.8 Å². The molecule has 1 aliphatic rings. The van der Waals surface area contributed by atoms with E-state index in [4.69, 9.17) is 5.26 Å². The summed E-state index contributed by atoms with van der Waals surface area (Å²) >= 11 is 1.90. The molecule has 2 atom stereocenters. The normalized spacial score (nSPS) is 26.0. The molecule has 72 valence electrons. The number of hydrogen-bond acceptors (Lipinski definition) is 3. The molecule has 1 heterocycles. The molecule has 3 heteroatoms. The van der Waals surface area contributed by atoms with Crippen molar-refractivity contribution < 1.29 is 0 Å². The van der Waals surface area contributed by atoms with E-state index in [9.17, 15) is 0 Å². The van der Waals surface area contributed by atoms with Crippen molar-refractivity contribution in [2.24, 2.45) is 0 Å². The van der Waals surface area contributed by atoms with Crippen LogP contribution in [-0.2, 0) is 0 Å². The van der Waals surface area contributed by atoms with Crippen molar-refractivity contribution in [3.63, 3.8) is 0 Å². The predicted octanol–water partition coefficient (Wildman–Crippen LogP) is 2.28. The summed E-state index contributed by atoms with van der Waals surface area (Å²) in [6, 6.07) is 10.5. The minimum Gasteiger partial charge on any atom is -0.298 e. The zero-order valence-electron chi connectivity index (χ0n) is 8.03. The van der Waals surface area contributed by atoms with Gasteiger partial charge in [-0.3, -0.25) is 5.32 Å². The molecule has 1 fully saturated rings. The van der Waals surface area contributed by atoms with Gasteiger partial charge in [-0.15, -0.1) is 11.8 Å². The average Bonchev–Trinajstić information content (AvgIpc) is 2.65. The summed E-state index contributed by atoms with van der Waals surface area (Å²) in [6.45, 7) is 2.18. The maximum atomic E-state index is 8.78. The van der Waals surface area contributed by atoms with Gasteiger partial charge in [0.15, 0.2) is 0 Å². The molecule has 1 N–H and O–H groups in total.